The molecule has 0 saturated carbocycles. The third-order valence-corrected chi connectivity index (χ3v) is 3.33. The molecule has 0 fully saturated rings. The highest BCUT2D eigenvalue weighted by molar-refractivity contribution is 6.18. The number of aryl methyl sites for hydroxylation is 1. The van der Waals surface area contributed by atoms with Crippen molar-refractivity contribution >= 4 is 23.2 Å². The lowest BCUT2D eigenvalue weighted by Crippen LogP contribution is -2.13. The first-order valence-electron chi connectivity index (χ1n) is 6.36. The zero-order valence-corrected chi connectivity index (χ0v) is 11.9. The summed E-state index contributed by atoms with van der Waals surface area (Å²) in [5, 5.41) is 12.4. The summed E-state index contributed by atoms with van der Waals surface area (Å²) in [7, 11) is 0. The molecule has 3 nitrogen and oxygen atoms in total. The topological polar surface area (TPSA) is 49.3 Å². The van der Waals surface area contributed by atoms with Gasteiger partial charge in [-0.15, -0.1) is 11.6 Å². The molecule has 0 bridgehead atoms. The molecule has 104 valence electrons. The number of amides is 1. The highest BCUT2D eigenvalue weighted by Crippen LogP contribution is 2.21. The smallest absolute Gasteiger partial charge is 0.256 e. The monoisotopic (exact) mass is 289 g/mol. The summed E-state index contributed by atoms with van der Waals surface area (Å²) in [4.78, 5) is 12.2. The Morgan fingerprint density at radius 3 is 2.55 bits per heavy atom. The van der Waals surface area contributed by atoms with Crippen molar-refractivity contribution in [3.05, 3.63) is 59.2 Å². The highest BCUT2D eigenvalue weighted by Gasteiger charge is 2.11. The lowest BCUT2D eigenvalue weighted by atomic mass is 10.1. The van der Waals surface area contributed by atoms with Gasteiger partial charge in [0.15, 0.2) is 0 Å². The number of anilines is 1. The number of carbonyl (C=O) groups is 1. The Bertz CT molecular complexity index is 608. The van der Waals surface area contributed by atoms with E-state index in [-0.39, 0.29) is 11.7 Å². The Morgan fingerprint density at radius 2 is 1.90 bits per heavy atom. The normalized spacial score (nSPS) is 10.3. The Morgan fingerprint density at radius 1 is 1.20 bits per heavy atom. The van der Waals surface area contributed by atoms with Crippen molar-refractivity contribution in [3.8, 4) is 5.75 Å². The summed E-state index contributed by atoms with van der Waals surface area (Å²) in [6, 6.07) is 12.5. The van der Waals surface area contributed by atoms with E-state index in [9.17, 15) is 9.90 Å². The van der Waals surface area contributed by atoms with E-state index in [0.717, 1.165) is 17.7 Å². The maximum absolute atomic E-state index is 12.2. The molecule has 2 N–H and O–H groups in total. The Kier molecular flexibility index (Phi) is 4.64. The summed E-state index contributed by atoms with van der Waals surface area (Å²) in [5.74, 6) is 0.465. The predicted octanol–water partition coefficient (Wildman–Crippen LogP) is 3.73. The number of benzene rings is 2. The van der Waals surface area contributed by atoms with Crippen LogP contribution in [-0.2, 0) is 6.42 Å². The van der Waals surface area contributed by atoms with Gasteiger partial charge in [0.05, 0.1) is 0 Å². The van der Waals surface area contributed by atoms with Gasteiger partial charge in [-0.3, -0.25) is 4.79 Å². The maximum atomic E-state index is 12.2. The first-order chi connectivity index (χ1) is 9.61. The number of carbonyl (C=O) groups excluding carboxylic acids is 1. The molecule has 4 heteroatoms. The van der Waals surface area contributed by atoms with Gasteiger partial charge in [-0.25, -0.2) is 0 Å². The fourth-order valence-corrected chi connectivity index (χ4v) is 2.15. The molecule has 0 spiro atoms. The van der Waals surface area contributed by atoms with E-state index < -0.39 is 0 Å². The van der Waals surface area contributed by atoms with Crippen LogP contribution in [0.3, 0.4) is 0 Å². The number of nitrogens with one attached hydrogen (secondary N) is 1. The minimum absolute atomic E-state index is 0.120. The quantitative estimate of drug-likeness (QED) is 0.843. The second-order valence-corrected chi connectivity index (χ2v) is 4.92. The Balaban J connectivity index is 2.13. The number of phenolic OH excluding ortho intramolecular Hbond substituents is 1. The van der Waals surface area contributed by atoms with Crippen LogP contribution in [0.2, 0.25) is 0 Å². The zero-order valence-electron chi connectivity index (χ0n) is 11.2. The first kappa shape index (κ1) is 14.4. The van der Waals surface area contributed by atoms with Crippen molar-refractivity contribution in [1.82, 2.24) is 0 Å². The van der Waals surface area contributed by atoms with Crippen LogP contribution in [0, 0.1) is 6.92 Å². The summed E-state index contributed by atoms with van der Waals surface area (Å²) in [6.45, 7) is 1.72. The summed E-state index contributed by atoms with van der Waals surface area (Å²) >= 11 is 5.68. The highest BCUT2D eigenvalue weighted by atomic mass is 35.5. The van der Waals surface area contributed by atoms with Crippen molar-refractivity contribution in [3.63, 3.8) is 0 Å². The molecule has 0 aliphatic heterocycles. The van der Waals surface area contributed by atoms with Crippen LogP contribution < -0.4 is 5.32 Å². The average molecular weight is 290 g/mol. The van der Waals surface area contributed by atoms with Gasteiger partial charge in [0.25, 0.3) is 5.91 Å². The number of hydrogen-bond acceptors (Lipinski definition) is 2. The van der Waals surface area contributed by atoms with Gasteiger partial charge in [-0.05, 0) is 43.2 Å². The van der Waals surface area contributed by atoms with Crippen LogP contribution in [0.25, 0.3) is 0 Å². The molecule has 0 aliphatic carbocycles. The van der Waals surface area contributed by atoms with E-state index >= 15 is 0 Å². The summed E-state index contributed by atoms with van der Waals surface area (Å²) < 4.78 is 0. The molecule has 0 saturated heterocycles. The molecule has 20 heavy (non-hydrogen) atoms. The molecule has 2 aromatic rings. The molecule has 0 radical (unpaired) electrons. The number of aromatic hydroxyl groups is 1. The fourth-order valence-electron chi connectivity index (χ4n) is 1.93. The second-order valence-electron chi connectivity index (χ2n) is 4.54. The van der Waals surface area contributed by atoms with E-state index in [1.165, 1.54) is 0 Å². The molecular weight excluding hydrogens is 274 g/mol. The largest absolute Gasteiger partial charge is 0.508 e. The fraction of sp³-hybridized carbons (Fsp3) is 0.188. The number of halogens is 1. The average Bonchev–Trinajstić information content (AvgIpc) is 2.44. The minimum atomic E-state index is -0.233. The van der Waals surface area contributed by atoms with Crippen LogP contribution in [0.4, 0.5) is 5.69 Å². The molecule has 1 amide bonds. The predicted molar refractivity (Wildman–Crippen MR) is 81.7 cm³/mol. The van der Waals surface area contributed by atoms with Gasteiger partial charge >= 0.3 is 0 Å². The van der Waals surface area contributed by atoms with Crippen molar-refractivity contribution in [1.29, 1.82) is 0 Å². The standard InChI is InChI=1S/C16H16ClNO2/c1-11-14(3-2-4-15(11)19)16(20)18-13-7-5-12(6-8-13)9-10-17/h2-8,19H,9-10H2,1H3,(H,18,20). The van der Waals surface area contributed by atoms with Gasteiger partial charge in [-0.1, -0.05) is 18.2 Å². The van der Waals surface area contributed by atoms with Gasteiger partial charge in [0, 0.05) is 22.7 Å². The number of phenols is 1. The number of hydrogen-bond donors (Lipinski definition) is 2. The lowest BCUT2D eigenvalue weighted by molar-refractivity contribution is 0.102. The molecule has 0 unspecified atom stereocenters. The van der Waals surface area contributed by atoms with E-state index in [0.29, 0.717) is 17.0 Å². The molecule has 0 aliphatic rings. The molecule has 0 heterocycles. The molecule has 2 aromatic carbocycles. The van der Waals surface area contributed by atoms with Gasteiger partial charge in [0.2, 0.25) is 0 Å². The molecule has 2 rings (SSSR count). The summed E-state index contributed by atoms with van der Waals surface area (Å²) in [6.07, 6.45) is 0.807. The van der Waals surface area contributed by atoms with Gasteiger partial charge in [0.1, 0.15) is 5.75 Å². The number of alkyl halides is 1. The van der Waals surface area contributed by atoms with Crippen LogP contribution in [-0.4, -0.2) is 16.9 Å². The van der Waals surface area contributed by atoms with Crippen LogP contribution in [0.15, 0.2) is 42.5 Å². The van der Waals surface area contributed by atoms with Gasteiger partial charge < -0.3 is 10.4 Å². The Labute approximate surface area is 123 Å². The van der Waals surface area contributed by atoms with Gasteiger partial charge in [-0.2, -0.15) is 0 Å². The van der Waals surface area contributed by atoms with E-state index in [2.05, 4.69) is 5.32 Å². The lowest BCUT2D eigenvalue weighted by Gasteiger charge is -2.09. The van der Waals surface area contributed by atoms with Crippen molar-refractivity contribution in [2.75, 3.05) is 11.2 Å². The first-order valence-corrected chi connectivity index (χ1v) is 6.90. The van der Waals surface area contributed by atoms with Crippen LogP contribution >= 0.6 is 11.6 Å². The van der Waals surface area contributed by atoms with Crippen molar-refractivity contribution in [2.45, 2.75) is 13.3 Å². The third kappa shape index (κ3) is 3.31. The van der Waals surface area contributed by atoms with Crippen molar-refractivity contribution in [2.24, 2.45) is 0 Å². The van der Waals surface area contributed by atoms with E-state index in [4.69, 9.17) is 11.6 Å². The van der Waals surface area contributed by atoms with E-state index in [1.54, 1.807) is 25.1 Å². The zero-order chi connectivity index (χ0) is 14.5. The Hall–Kier alpha value is -2.00. The molecule has 0 atom stereocenters. The third-order valence-electron chi connectivity index (χ3n) is 3.14. The maximum Gasteiger partial charge on any atom is 0.256 e. The second kappa shape index (κ2) is 6.44. The van der Waals surface area contributed by atoms with Crippen LogP contribution in [0.1, 0.15) is 21.5 Å². The molecule has 0 aromatic heterocycles. The summed E-state index contributed by atoms with van der Waals surface area (Å²) in [5.41, 5.74) is 2.89. The molecular formula is C16H16ClNO2. The number of rotatable bonds is 4. The SMILES string of the molecule is Cc1c(O)cccc1C(=O)Nc1ccc(CCCl)cc1. The van der Waals surface area contributed by atoms with Crippen molar-refractivity contribution < 1.29 is 9.90 Å². The van der Waals surface area contributed by atoms with E-state index in [1.807, 2.05) is 24.3 Å². The minimum Gasteiger partial charge on any atom is -0.508 e. The van der Waals surface area contributed by atoms with Crippen LogP contribution in [0.5, 0.6) is 5.75 Å².